The minimum atomic E-state index is -1.55. The van der Waals surface area contributed by atoms with E-state index in [4.69, 9.17) is 25.2 Å². The molecule has 4 atom stereocenters. The second-order valence-corrected chi connectivity index (χ2v) is 2.86. The molecule has 0 saturated heterocycles. The number of aliphatic hydroxyl groups excluding tert-OH is 5. The Hall–Kier alpha value is -0.570. The van der Waals surface area contributed by atoms with E-state index in [1.165, 1.54) is 0 Å². The van der Waals surface area contributed by atoms with Gasteiger partial charge in [0.1, 0.15) is 25.1 Å². The summed E-state index contributed by atoms with van der Waals surface area (Å²) in [7, 11) is 1.57. The van der Waals surface area contributed by atoms with Gasteiger partial charge in [-0.05, 0) is 7.05 Å². The Balaban J connectivity index is 0. The van der Waals surface area contributed by atoms with Crippen molar-refractivity contribution in [2.24, 2.45) is 0 Å². The number of likely N-dealkylation sites (N-methyl/N-ethyl adjacent to an activating group) is 1. The predicted molar refractivity (Wildman–Crippen MR) is 52.2 cm³/mol. The molecule has 7 nitrogen and oxygen atoms in total. The maximum atomic E-state index is 9.21. The summed E-state index contributed by atoms with van der Waals surface area (Å²) >= 11 is 0. The van der Waals surface area contributed by atoms with Gasteiger partial charge in [-0.1, -0.05) is 0 Å². The van der Waals surface area contributed by atoms with Crippen LogP contribution in [0, 0.1) is 0 Å². The second-order valence-electron chi connectivity index (χ2n) is 2.86. The van der Waals surface area contributed by atoms with E-state index in [1.807, 2.05) is 6.79 Å². The third-order valence-electron chi connectivity index (χ3n) is 1.74. The van der Waals surface area contributed by atoms with Crippen molar-refractivity contribution in [1.29, 1.82) is 0 Å². The number of aliphatic hydroxyl groups is 5. The maximum Gasteiger partial charge on any atom is 0.111 e. The van der Waals surface area contributed by atoms with Gasteiger partial charge in [-0.25, -0.2) is 0 Å². The molecule has 0 fully saturated rings. The van der Waals surface area contributed by atoms with Crippen molar-refractivity contribution in [3.63, 3.8) is 0 Å². The number of hydrogen-bond donors (Lipinski definition) is 6. The fourth-order valence-corrected chi connectivity index (χ4v) is 0.893. The summed E-state index contributed by atoms with van der Waals surface area (Å²) in [6.45, 7) is 1.43. The number of rotatable bonds is 6. The highest BCUT2D eigenvalue weighted by Crippen LogP contribution is 2.04. The van der Waals surface area contributed by atoms with E-state index in [2.05, 4.69) is 5.32 Å². The van der Waals surface area contributed by atoms with Crippen LogP contribution in [-0.4, -0.2) is 76.9 Å². The molecule has 0 aliphatic carbocycles. The first-order valence-corrected chi connectivity index (χ1v) is 4.31. The molecule has 0 rings (SSSR count). The monoisotopic (exact) mass is 225 g/mol. The van der Waals surface area contributed by atoms with E-state index < -0.39 is 31.0 Å². The lowest BCUT2D eigenvalue weighted by Gasteiger charge is -2.25. The Labute approximate surface area is 88.0 Å². The molecule has 6 N–H and O–H groups in total. The highest BCUT2D eigenvalue weighted by atomic mass is 16.4. The quantitative estimate of drug-likeness (QED) is 0.276. The number of carbonyl (C=O) groups excluding carboxylic acids is 1. The van der Waals surface area contributed by atoms with E-state index in [0.717, 1.165) is 0 Å². The molecule has 0 amide bonds. The van der Waals surface area contributed by atoms with Crippen LogP contribution in [0.3, 0.4) is 0 Å². The van der Waals surface area contributed by atoms with E-state index in [1.54, 1.807) is 7.05 Å². The summed E-state index contributed by atoms with van der Waals surface area (Å²) in [4.78, 5) is 8.00. The smallest absolute Gasteiger partial charge is 0.111 e. The standard InChI is InChI=1S/C7H17NO5.CH2O/c1-8-2-4(10)6(12)7(13)5(11)3-9;1-2/h4-13H,2-3H2,1H3;1H2/t4-,5+,6+,7+;/m0./s1. The van der Waals surface area contributed by atoms with Gasteiger partial charge in [0.15, 0.2) is 0 Å². The van der Waals surface area contributed by atoms with E-state index in [9.17, 15) is 5.11 Å². The Kier molecular flexibility index (Phi) is 11.2. The van der Waals surface area contributed by atoms with Gasteiger partial charge in [0.05, 0.1) is 12.7 Å². The minimum Gasteiger partial charge on any atom is -0.394 e. The van der Waals surface area contributed by atoms with Crippen LogP contribution in [0.15, 0.2) is 0 Å². The van der Waals surface area contributed by atoms with Crippen molar-refractivity contribution in [2.45, 2.75) is 24.4 Å². The fraction of sp³-hybridized carbons (Fsp3) is 0.875. The van der Waals surface area contributed by atoms with Crippen LogP contribution < -0.4 is 5.32 Å². The molecule has 0 radical (unpaired) electrons. The van der Waals surface area contributed by atoms with Gasteiger partial charge >= 0.3 is 0 Å². The molecule has 15 heavy (non-hydrogen) atoms. The first-order valence-electron chi connectivity index (χ1n) is 4.31. The molecule has 92 valence electrons. The minimum absolute atomic E-state index is 0.0936. The van der Waals surface area contributed by atoms with Crippen molar-refractivity contribution in [1.82, 2.24) is 5.32 Å². The summed E-state index contributed by atoms with van der Waals surface area (Å²) in [6, 6.07) is 0. The van der Waals surface area contributed by atoms with Crippen molar-refractivity contribution < 1.29 is 30.3 Å². The van der Waals surface area contributed by atoms with E-state index in [-0.39, 0.29) is 6.54 Å². The zero-order valence-electron chi connectivity index (χ0n) is 8.58. The van der Waals surface area contributed by atoms with Crippen LogP contribution >= 0.6 is 0 Å². The number of carbonyl (C=O) groups is 1. The molecule has 0 unspecified atom stereocenters. The van der Waals surface area contributed by atoms with Crippen LogP contribution in [0.5, 0.6) is 0 Å². The van der Waals surface area contributed by atoms with Crippen LogP contribution in [-0.2, 0) is 4.79 Å². The predicted octanol–water partition coefficient (Wildman–Crippen LogP) is -3.54. The third-order valence-corrected chi connectivity index (χ3v) is 1.74. The highest BCUT2D eigenvalue weighted by Gasteiger charge is 2.29. The molecule has 0 aromatic rings. The van der Waals surface area contributed by atoms with Crippen molar-refractivity contribution in [3.8, 4) is 0 Å². The Morgan fingerprint density at radius 2 is 1.47 bits per heavy atom. The lowest BCUT2D eigenvalue weighted by Crippen LogP contribution is -2.48. The highest BCUT2D eigenvalue weighted by molar-refractivity contribution is 5.10. The molecule has 0 aliphatic heterocycles. The molecule has 0 spiro atoms. The van der Waals surface area contributed by atoms with Gasteiger partial charge < -0.3 is 35.6 Å². The van der Waals surface area contributed by atoms with Gasteiger partial charge in [-0.3, -0.25) is 0 Å². The molecule has 0 aromatic carbocycles. The topological polar surface area (TPSA) is 130 Å². The van der Waals surface area contributed by atoms with Crippen LogP contribution in [0.1, 0.15) is 0 Å². The molecule has 0 aliphatic rings. The van der Waals surface area contributed by atoms with Crippen molar-refractivity contribution in [2.75, 3.05) is 20.2 Å². The lowest BCUT2D eigenvalue weighted by atomic mass is 10.0. The molecule has 7 heteroatoms. The zero-order valence-corrected chi connectivity index (χ0v) is 8.58. The summed E-state index contributed by atoms with van der Waals surface area (Å²) < 4.78 is 0. The maximum absolute atomic E-state index is 9.21. The third kappa shape index (κ3) is 6.50. The number of hydrogen-bond acceptors (Lipinski definition) is 7. The molecule has 0 saturated carbocycles. The molecular formula is C8H19NO6. The van der Waals surface area contributed by atoms with E-state index in [0.29, 0.717) is 0 Å². The Morgan fingerprint density at radius 1 is 1.07 bits per heavy atom. The van der Waals surface area contributed by atoms with E-state index >= 15 is 0 Å². The zero-order chi connectivity index (χ0) is 12.4. The van der Waals surface area contributed by atoms with Crippen molar-refractivity contribution >= 4 is 6.79 Å². The summed E-state index contributed by atoms with van der Waals surface area (Å²) in [5.74, 6) is 0. The molecule has 0 heterocycles. The Morgan fingerprint density at radius 3 is 1.80 bits per heavy atom. The molecule has 0 aromatic heterocycles. The van der Waals surface area contributed by atoms with Gasteiger partial charge in [-0.15, -0.1) is 0 Å². The van der Waals surface area contributed by atoms with Crippen LogP contribution in [0.25, 0.3) is 0 Å². The summed E-state index contributed by atoms with van der Waals surface area (Å²) in [5.41, 5.74) is 0. The largest absolute Gasteiger partial charge is 0.394 e. The average molecular weight is 225 g/mol. The van der Waals surface area contributed by atoms with Gasteiger partial charge in [-0.2, -0.15) is 0 Å². The lowest BCUT2D eigenvalue weighted by molar-refractivity contribution is -0.113. The Bertz CT molecular complexity index is 147. The fourth-order valence-electron chi connectivity index (χ4n) is 0.893. The van der Waals surface area contributed by atoms with Gasteiger partial charge in [0.25, 0.3) is 0 Å². The van der Waals surface area contributed by atoms with Crippen molar-refractivity contribution in [3.05, 3.63) is 0 Å². The molecule has 0 bridgehead atoms. The summed E-state index contributed by atoms with van der Waals surface area (Å²) in [5, 5.41) is 47.5. The van der Waals surface area contributed by atoms with Crippen LogP contribution in [0.2, 0.25) is 0 Å². The molecular weight excluding hydrogens is 206 g/mol. The van der Waals surface area contributed by atoms with Gasteiger partial charge in [0, 0.05) is 6.54 Å². The first-order chi connectivity index (χ1) is 7.04. The van der Waals surface area contributed by atoms with Crippen LogP contribution in [0.4, 0.5) is 0 Å². The second kappa shape index (κ2) is 9.97. The average Bonchev–Trinajstić information content (AvgIpc) is 2.29. The normalized spacial score (nSPS) is 18.3. The SMILES string of the molecule is C=O.CNC[C@H](O)[C@@H](O)[C@H](O)[C@H](O)CO. The first kappa shape index (κ1) is 16.8. The van der Waals surface area contributed by atoms with Gasteiger partial charge in [0.2, 0.25) is 0 Å². The number of nitrogens with one attached hydrogen (secondary N) is 1. The summed E-state index contributed by atoms with van der Waals surface area (Å²) in [6.07, 6.45) is -5.65.